The average Bonchev–Trinajstić information content (AvgIpc) is 2.86. The number of ketones is 1. The topological polar surface area (TPSA) is 85.6 Å². The van der Waals surface area contributed by atoms with Crippen LogP contribution in [0.5, 0.6) is 0 Å². The van der Waals surface area contributed by atoms with Gasteiger partial charge in [0.1, 0.15) is 23.0 Å². The third-order valence-corrected chi connectivity index (χ3v) is 3.32. The van der Waals surface area contributed by atoms with Crippen molar-refractivity contribution in [2.24, 2.45) is 0 Å². The molecular formula is C17H15F2NO5. The predicted molar refractivity (Wildman–Crippen MR) is 83.7 cm³/mol. The molecule has 8 heteroatoms. The zero-order valence-electron chi connectivity index (χ0n) is 13.7. The number of carbonyl (C=O) groups excluding carboxylic acids is 3. The Hall–Kier alpha value is -3.03. The maximum atomic E-state index is 13.7. The number of esters is 1. The zero-order chi connectivity index (χ0) is 18.7. The molecule has 0 bridgehead atoms. The molecule has 0 radical (unpaired) electrons. The van der Waals surface area contributed by atoms with Gasteiger partial charge in [-0.1, -0.05) is 0 Å². The van der Waals surface area contributed by atoms with Crippen LogP contribution in [0.2, 0.25) is 0 Å². The summed E-state index contributed by atoms with van der Waals surface area (Å²) >= 11 is 0. The van der Waals surface area contributed by atoms with Crippen LogP contribution in [-0.2, 0) is 4.74 Å². The minimum absolute atomic E-state index is 0.0340. The van der Waals surface area contributed by atoms with Crippen molar-refractivity contribution < 1.29 is 32.3 Å². The average molecular weight is 351 g/mol. The number of nitrogens with one attached hydrogen (secondary N) is 1. The molecule has 0 fully saturated rings. The van der Waals surface area contributed by atoms with Gasteiger partial charge in [0.05, 0.1) is 17.7 Å². The number of furan rings is 1. The quantitative estimate of drug-likeness (QED) is 0.658. The van der Waals surface area contributed by atoms with E-state index in [-0.39, 0.29) is 29.4 Å². The van der Waals surface area contributed by atoms with Crippen LogP contribution in [0.25, 0.3) is 0 Å². The second-order valence-corrected chi connectivity index (χ2v) is 5.09. The number of hydrogen-bond donors (Lipinski definition) is 1. The van der Waals surface area contributed by atoms with Crippen molar-refractivity contribution in [3.63, 3.8) is 0 Å². The van der Waals surface area contributed by atoms with Crippen molar-refractivity contribution in [1.82, 2.24) is 0 Å². The monoisotopic (exact) mass is 351 g/mol. The third kappa shape index (κ3) is 3.73. The number of aryl methyl sites for hydroxylation is 1. The summed E-state index contributed by atoms with van der Waals surface area (Å²) in [7, 11) is 0. The number of amides is 1. The van der Waals surface area contributed by atoms with Crippen LogP contribution in [0.3, 0.4) is 0 Å². The standard InChI is InChI=1S/C17H15F2NO5/c1-4-24-17(23)14-13(8(2)21)9(3)25-16(14)20-15(22)11-7-10(18)5-6-12(11)19/h5-7H,4H2,1-3H3,(H,20,22). The Morgan fingerprint density at radius 3 is 2.48 bits per heavy atom. The molecule has 1 N–H and O–H groups in total. The number of anilines is 1. The third-order valence-electron chi connectivity index (χ3n) is 3.32. The van der Waals surface area contributed by atoms with Gasteiger partial charge in [-0.3, -0.25) is 14.9 Å². The van der Waals surface area contributed by atoms with E-state index in [1.807, 2.05) is 0 Å². The van der Waals surface area contributed by atoms with E-state index < -0.39 is 34.9 Å². The van der Waals surface area contributed by atoms with Gasteiger partial charge >= 0.3 is 5.97 Å². The molecule has 2 rings (SSSR count). The van der Waals surface area contributed by atoms with Gasteiger partial charge in [-0.05, 0) is 39.0 Å². The number of hydrogen-bond acceptors (Lipinski definition) is 5. The Balaban J connectivity index is 2.47. The lowest BCUT2D eigenvalue weighted by Crippen LogP contribution is -2.17. The molecular weight excluding hydrogens is 336 g/mol. The summed E-state index contributed by atoms with van der Waals surface area (Å²) < 4.78 is 37.1. The van der Waals surface area contributed by atoms with Gasteiger partial charge in [0.25, 0.3) is 5.91 Å². The SMILES string of the molecule is CCOC(=O)c1c(NC(=O)c2cc(F)ccc2F)oc(C)c1C(C)=O. The van der Waals surface area contributed by atoms with E-state index in [9.17, 15) is 23.2 Å². The lowest BCUT2D eigenvalue weighted by Gasteiger charge is -2.07. The fourth-order valence-corrected chi connectivity index (χ4v) is 2.30. The van der Waals surface area contributed by atoms with E-state index in [0.29, 0.717) is 6.07 Å². The van der Waals surface area contributed by atoms with Gasteiger partial charge in [0.2, 0.25) is 5.88 Å². The highest BCUT2D eigenvalue weighted by Crippen LogP contribution is 2.29. The molecule has 132 valence electrons. The minimum Gasteiger partial charge on any atom is -0.462 e. The van der Waals surface area contributed by atoms with Crippen molar-refractivity contribution in [2.75, 3.05) is 11.9 Å². The summed E-state index contributed by atoms with van der Waals surface area (Å²) in [6.45, 7) is 4.25. The van der Waals surface area contributed by atoms with Crippen LogP contribution in [-0.4, -0.2) is 24.3 Å². The van der Waals surface area contributed by atoms with Crippen LogP contribution < -0.4 is 5.32 Å². The number of benzene rings is 1. The number of carbonyl (C=O) groups is 3. The first-order valence-electron chi connectivity index (χ1n) is 7.34. The molecule has 6 nitrogen and oxygen atoms in total. The number of halogens is 2. The molecule has 0 aliphatic heterocycles. The first-order chi connectivity index (χ1) is 11.8. The summed E-state index contributed by atoms with van der Waals surface area (Å²) in [6, 6.07) is 2.36. The van der Waals surface area contributed by atoms with Gasteiger partial charge in [-0.25, -0.2) is 13.6 Å². The van der Waals surface area contributed by atoms with E-state index in [0.717, 1.165) is 12.1 Å². The van der Waals surface area contributed by atoms with Crippen LogP contribution in [0.4, 0.5) is 14.7 Å². The van der Waals surface area contributed by atoms with Gasteiger partial charge in [0, 0.05) is 0 Å². The molecule has 0 aliphatic rings. The van der Waals surface area contributed by atoms with E-state index in [1.165, 1.54) is 13.8 Å². The Bertz CT molecular complexity index is 857. The fourth-order valence-electron chi connectivity index (χ4n) is 2.30. The molecule has 0 unspecified atom stereocenters. The normalized spacial score (nSPS) is 10.4. The van der Waals surface area contributed by atoms with E-state index >= 15 is 0 Å². The lowest BCUT2D eigenvalue weighted by molar-refractivity contribution is 0.0524. The van der Waals surface area contributed by atoms with E-state index in [1.54, 1.807) is 6.92 Å². The largest absolute Gasteiger partial charge is 0.462 e. The number of rotatable bonds is 5. The number of ether oxygens (including phenoxy) is 1. The Morgan fingerprint density at radius 1 is 1.20 bits per heavy atom. The van der Waals surface area contributed by atoms with Gasteiger partial charge in [-0.2, -0.15) is 0 Å². The highest BCUT2D eigenvalue weighted by molar-refractivity contribution is 6.12. The van der Waals surface area contributed by atoms with Crippen molar-refractivity contribution in [1.29, 1.82) is 0 Å². The van der Waals surface area contributed by atoms with Crippen LogP contribution in [0.1, 0.15) is 50.7 Å². The maximum Gasteiger partial charge on any atom is 0.344 e. The highest BCUT2D eigenvalue weighted by Gasteiger charge is 2.29. The predicted octanol–water partition coefficient (Wildman–Crippen LogP) is 3.50. The summed E-state index contributed by atoms with van der Waals surface area (Å²) in [5.41, 5.74) is -0.890. The smallest absolute Gasteiger partial charge is 0.344 e. The molecule has 2 aromatic rings. The Labute approximate surface area is 141 Å². The van der Waals surface area contributed by atoms with Crippen molar-refractivity contribution in [3.05, 3.63) is 52.3 Å². The van der Waals surface area contributed by atoms with Crippen LogP contribution in [0, 0.1) is 18.6 Å². The van der Waals surface area contributed by atoms with E-state index in [2.05, 4.69) is 5.32 Å². The molecule has 0 saturated heterocycles. The molecule has 0 saturated carbocycles. The van der Waals surface area contributed by atoms with E-state index in [4.69, 9.17) is 9.15 Å². The van der Waals surface area contributed by atoms with Crippen LogP contribution >= 0.6 is 0 Å². The second-order valence-electron chi connectivity index (χ2n) is 5.09. The summed E-state index contributed by atoms with van der Waals surface area (Å²) in [4.78, 5) is 36.1. The lowest BCUT2D eigenvalue weighted by atomic mass is 10.1. The molecule has 1 amide bonds. The minimum atomic E-state index is -1.04. The van der Waals surface area contributed by atoms with Crippen molar-refractivity contribution in [3.8, 4) is 0 Å². The fraction of sp³-hybridized carbons (Fsp3) is 0.235. The molecule has 1 aromatic carbocycles. The first-order valence-corrected chi connectivity index (χ1v) is 7.34. The molecule has 1 heterocycles. The van der Waals surface area contributed by atoms with Crippen LogP contribution in [0.15, 0.2) is 22.6 Å². The van der Waals surface area contributed by atoms with Gasteiger partial charge in [-0.15, -0.1) is 0 Å². The molecule has 1 aromatic heterocycles. The van der Waals surface area contributed by atoms with Gasteiger partial charge in [0.15, 0.2) is 5.78 Å². The molecule has 0 spiro atoms. The number of Topliss-reactive ketones (excluding diaryl/α,β-unsaturated/α-hetero) is 1. The summed E-state index contributed by atoms with van der Waals surface area (Å²) in [5.74, 6) is -4.42. The van der Waals surface area contributed by atoms with Gasteiger partial charge < -0.3 is 9.15 Å². The van der Waals surface area contributed by atoms with Crippen molar-refractivity contribution in [2.45, 2.75) is 20.8 Å². The summed E-state index contributed by atoms with van der Waals surface area (Å²) in [5, 5.41) is 2.18. The molecule has 0 atom stereocenters. The Morgan fingerprint density at radius 2 is 1.88 bits per heavy atom. The first kappa shape index (κ1) is 18.3. The zero-order valence-corrected chi connectivity index (χ0v) is 13.7. The highest BCUT2D eigenvalue weighted by atomic mass is 19.1. The Kier molecular flexibility index (Phi) is 5.31. The molecule has 25 heavy (non-hydrogen) atoms. The maximum absolute atomic E-state index is 13.7. The molecule has 0 aliphatic carbocycles. The van der Waals surface area contributed by atoms with Crippen molar-refractivity contribution >= 4 is 23.5 Å². The second kappa shape index (κ2) is 7.25. The summed E-state index contributed by atoms with van der Waals surface area (Å²) in [6.07, 6.45) is 0.